The summed E-state index contributed by atoms with van der Waals surface area (Å²) in [5.74, 6) is 0.194. The monoisotopic (exact) mass is 507 g/mol. The van der Waals surface area contributed by atoms with Crippen molar-refractivity contribution in [1.82, 2.24) is 14.5 Å². The van der Waals surface area contributed by atoms with Gasteiger partial charge < -0.3 is 4.57 Å². The number of nitrogens with zero attached hydrogens (tertiary/aromatic N) is 3. The van der Waals surface area contributed by atoms with Gasteiger partial charge in [-0.1, -0.05) is 37.3 Å². The van der Waals surface area contributed by atoms with Gasteiger partial charge in [0.15, 0.2) is 15.7 Å². The number of hydrogen-bond acceptors (Lipinski definition) is 6. The van der Waals surface area contributed by atoms with Crippen molar-refractivity contribution in [3.63, 3.8) is 0 Å². The zero-order valence-corrected chi connectivity index (χ0v) is 19.8. The fourth-order valence-corrected chi connectivity index (χ4v) is 8.32. The van der Waals surface area contributed by atoms with E-state index in [0.29, 0.717) is 20.9 Å². The van der Waals surface area contributed by atoms with Crippen molar-refractivity contribution in [2.45, 2.75) is 18.0 Å². The molecule has 5 nitrogen and oxygen atoms in total. The third kappa shape index (κ3) is 3.54. The number of hydrogen-bond donors (Lipinski definition) is 0. The number of sulfone groups is 1. The highest BCUT2D eigenvalue weighted by Gasteiger charge is 2.34. The van der Waals surface area contributed by atoms with Gasteiger partial charge in [-0.25, -0.2) is 18.4 Å². The van der Waals surface area contributed by atoms with E-state index in [2.05, 4.69) is 9.97 Å². The average molecular weight is 508 g/mol. The minimum Gasteiger partial charge on any atom is -0.325 e. The molecule has 4 aromatic heterocycles. The van der Waals surface area contributed by atoms with Crippen LogP contribution in [-0.2, 0) is 23.1 Å². The van der Waals surface area contributed by atoms with Crippen LogP contribution in [0.5, 0.6) is 0 Å². The number of aryl methyl sites for hydroxylation is 1. The minimum atomic E-state index is -4.60. The van der Waals surface area contributed by atoms with E-state index in [4.69, 9.17) is 0 Å². The van der Waals surface area contributed by atoms with E-state index >= 15 is 0 Å². The predicted octanol–water partition coefficient (Wildman–Crippen LogP) is 6.39. The molecular weight excluding hydrogens is 491 g/mol. The summed E-state index contributed by atoms with van der Waals surface area (Å²) in [5, 5.41) is 1.93. The molecule has 11 heteroatoms. The zero-order chi connectivity index (χ0) is 23.5. The first-order valence-corrected chi connectivity index (χ1v) is 13.2. The van der Waals surface area contributed by atoms with E-state index in [9.17, 15) is 21.6 Å². The number of rotatable bonds is 4. The molecule has 0 aliphatic heterocycles. The second-order valence-electron chi connectivity index (χ2n) is 7.39. The van der Waals surface area contributed by atoms with Crippen molar-refractivity contribution in [1.29, 1.82) is 0 Å². The van der Waals surface area contributed by atoms with Gasteiger partial charge in [0, 0.05) is 18.0 Å². The Balaban J connectivity index is 1.81. The van der Waals surface area contributed by atoms with Crippen molar-refractivity contribution in [3.05, 3.63) is 53.7 Å². The standard InChI is InChI=1S/C22H16F3N3O2S3/c1-3-33(29,30)20-18-17(13(11-31-18)12-7-5-4-6-8-12)32-19(20)21-27-14-9-16(22(23,24)25)26-10-15(14)28(21)2/h4-11H,3H2,1-2H3. The van der Waals surface area contributed by atoms with E-state index in [0.717, 1.165) is 28.1 Å². The number of thiophene rings is 2. The molecular formula is C22H16F3N3O2S3. The molecule has 0 atom stereocenters. The molecule has 5 aromatic rings. The molecule has 4 heterocycles. The molecule has 0 spiro atoms. The van der Waals surface area contributed by atoms with Crippen LogP contribution < -0.4 is 0 Å². The maximum absolute atomic E-state index is 13.1. The Kier molecular flexibility index (Phi) is 5.11. The van der Waals surface area contributed by atoms with Gasteiger partial charge in [-0.05, 0) is 11.6 Å². The summed E-state index contributed by atoms with van der Waals surface area (Å²) in [6.45, 7) is 1.57. The van der Waals surface area contributed by atoms with Crippen LogP contribution in [0.3, 0.4) is 0 Å². The lowest BCUT2D eigenvalue weighted by atomic mass is 10.1. The normalized spacial score (nSPS) is 12.8. The van der Waals surface area contributed by atoms with Gasteiger partial charge in [-0.3, -0.25) is 0 Å². The Morgan fingerprint density at radius 3 is 2.52 bits per heavy atom. The SMILES string of the molecule is CCS(=O)(=O)c1c(-c2nc3cc(C(F)(F)F)ncc3n2C)sc2c(-c3ccccc3)csc12. The largest absolute Gasteiger partial charge is 0.433 e. The first kappa shape index (κ1) is 22.1. The number of benzene rings is 1. The number of imidazole rings is 1. The van der Waals surface area contributed by atoms with Gasteiger partial charge in [0.1, 0.15) is 10.6 Å². The van der Waals surface area contributed by atoms with Gasteiger partial charge >= 0.3 is 6.18 Å². The summed E-state index contributed by atoms with van der Waals surface area (Å²) in [6, 6.07) is 10.5. The Labute approximate surface area is 195 Å². The molecule has 33 heavy (non-hydrogen) atoms. The molecule has 1 aromatic carbocycles. The van der Waals surface area contributed by atoms with Crippen molar-refractivity contribution in [3.8, 4) is 21.8 Å². The van der Waals surface area contributed by atoms with Crippen LogP contribution in [-0.4, -0.2) is 28.7 Å². The lowest BCUT2D eigenvalue weighted by molar-refractivity contribution is -0.141. The summed E-state index contributed by atoms with van der Waals surface area (Å²) in [7, 11) is -2.00. The lowest BCUT2D eigenvalue weighted by Gasteiger charge is -2.05. The predicted molar refractivity (Wildman–Crippen MR) is 125 cm³/mol. The van der Waals surface area contributed by atoms with Crippen molar-refractivity contribution in [2.24, 2.45) is 7.05 Å². The van der Waals surface area contributed by atoms with Gasteiger partial charge in [0.05, 0.1) is 37.3 Å². The zero-order valence-electron chi connectivity index (χ0n) is 17.3. The van der Waals surface area contributed by atoms with Crippen LogP contribution in [0.2, 0.25) is 0 Å². The minimum absolute atomic E-state index is 0.103. The quantitative estimate of drug-likeness (QED) is 0.283. The first-order valence-electron chi connectivity index (χ1n) is 9.84. The number of pyridine rings is 1. The molecule has 0 aliphatic rings. The van der Waals surface area contributed by atoms with Gasteiger partial charge in [-0.15, -0.1) is 22.7 Å². The number of alkyl halides is 3. The Morgan fingerprint density at radius 1 is 1.12 bits per heavy atom. The summed E-state index contributed by atoms with van der Waals surface area (Å²) >= 11 is 2.64. The molecule has 0 radical (unpaired) electrons. The van der Waals surface area contributed by atoms with Crippen molar-refractivity contribution >= 4 is 52.9 Å². The maximum Gasteiger partial charge on any atom is 0.433 e. The van der Waals surface area contributed by atoms with Crippen LogP contribution in [0, 0.1) is 0 Å². The van der Waals surface area contributed by atoms with E-state index in [1.807, 2.05) is 35.7 Å². The molecule has 0 fully saturated rings. The second kappa shape index (κ2) is 7.64. The van der Waals surface area contributed by atoms with Crippen molar-refractivity contribution in [2.75, 3.05) is 5.75 Å². The van der Waals surface area contributed by atoms with Crippen LogP contribution in [0.1, 0.15) is 12.6 Å². The molecule has 0 bridgehead atoms. The van der Waals surface area contributed by atoms with Gasteiger partial charge in [0.25, 0.3) is 0 Å². The second-order valence-corrected chi connectivity index (χ2v) is 11.5. The van der Waals surface area contributed by atoms with E-state index in [1.54, 1.807) is 18.5 Å². The summed E-state index contributed by atoms with van der Waals surface area (Å²) < 4.78 is 68.8. The molecule has 5 rings (SSSR count). The molecule has 0 saturated heterocycles. The fourth-order valence-electron chi connectivity index (χ4n) is 3.69. The van der Waals surface area contributed by atoms with Crippen LogP contribution in [0.25, 0.3) is 42.3 Å². The summed E-state index contributed by atoms with van der Waals surface area (Å²) in [4.78, 5) is 8.54. The first-order chi connectivity index (χ1) is 15.6. The maximum atomic E-state index is 13.1. The Hall–Kier alpha value is -2.76. The molecule has 0 saturated carbocycles. The third-order valence-corrected chi connectivity index (χ3v) is 9.79. The van der Waals surface area contributed by atoms with Crippen LogP contribution in [0.15, 0.2) is 52.9 Å². The van der Waals surface area contributed by atoms with E-state index in [-0.39, 0.29) is 16.2 Å². The highest BCUT2D eigenvalue weighted by molar-refractivity contribution is 7.92. The highest BCUT2D eigenvalue weighted by Crippen LogP contribution is 2.48. The highest BCUT2D eigenvalue weighted by atomic mass is 32.2. The van der Waals surface area contributed by atoms with Gasteiger partial charge in [0.2, 0.25) is 0 Å². The van der Waals surface area contributed by atoms with Crippen molar-refractivity contribution < 1.29 is 21.6 Å². The number of fused-ring (bicyclic) bond motifs is 2. The third-order valence-electron chi connectivity index (χ3n) is 5.40. The Morgan fingerprint density at radius 2 is 1.85 bits per heavy atom. The summed E-state index contributed by atoms with van der Waals surface area (Å²) in [5.41, 5.74) is 1.33. The molecule has 0 N–H and O–H groups in total. The topological polar surface area (TPSA) is 64.8 Å². The number of halogens is 3. The van der Waals surface area contributed by atoms with Crippen LogP contribution >= 0.6 is 22.7 Å². The molecule has 0 unspecified atom stereocenters. The smallest absolute Gasteiger partial charge is 0.325 e. The molecule has 170 valence electrons. The van der Waals surface area contributed by atoms with Gasteiger partial charge in [-0.2, -0.15) is 13.2 Å². The average Bonchev–Trinajstić information content (AvgIpc) is 3.45. The number of aromatic nitrogens is 3. The van der Waals surface area contributed by atoms with Crippen LogP contribution in [0.4, 0.5) is 13.2 Å². The molecule has 0 amide bonds. The lowest BCUT2D eigenvalue weighted by Crippen LogP contribution is -2.07. The molecule has 0 aliphatic carbocycles. The fraction of sp³-hybridized carbons (Fsp3) is 0.182. The van der Waals surface area contributed by atoms with E-state index < -0.39 is 21.7 Å². The van der Waals surface area contributed by atoms with E-state index in [1.165, 1.54) is 22.7 Å². The Bertz CT molecular complexity index is 1610. The summed E-state index contributed by atoms with van der Waals surface area (Å²) in [6.07, 6.45) is -3.48.